The van der Waals surface area contributed by atoms with Crippen LogP contribution in [0.2, 0.25) is 0 Å². The Kier molecular flexibility index (Phi) is 2.70. The first-order valence-corrected chi connectivity index (χ1v) is 5.79. The first kappa shape index (κ1) is 12.6. The van der Waals surface area contributed by atoms with Gasteiger partial charge >= 0.3 is 6.18 Å². The van der Waals surface area contributed by atoms with E-state index in [-0.39, 0.29) is 11.3 Å². The minimum Gasteiger partial charge on any atom is -0.337 e. The van der Waals surface area contributed by atoms with Crippen molar-refractivity contribution in [2.45, 2.75) is 13.1 Å². The maximum absolute atomic E-state index is 13.0. The summed E-state index contributed by atoms with van der Waals surface area (Å²) in [6.07, 6.45) is -0.0627. The molecule has 7 heteroatoms. The van der Waals surface area contributed by atoms with Gasteiger partial charge in [0.2, 0.25) is 0 Å². The molecule has 3 aromatic rings. The van der Waals surface area contributed by atoms with Gasteiger partial charge in [0.05, 0.1) is 17.3 Å². The van der Waals surface area contributed by atoms with E-state index in [1.807, 2.05) is 0 Å². The highest BCUT2D eigenvalue weighted by Gasteiger charge is 2.34. The summed E-state index contributed by atoms with van der Waals surface area (Å²) in [5, 5.41) is 0. The molecular weight excluding hydrogens is 269 g/mol. The van der Waals surface area contributed by atoms with E-state index in [9.17, 15) is 13.2 Å². The summed E-state index contributed by atoms with van der Waals surface area (Å²) in [5.41, 5.74) is 0.384. The van der Waals surface area contributed by atoms with Crippen LogP contribution in [0.4, 0.5) is 13.2 Å². The number of halogens is 3. The summed E-state index contributed by atoms with van der Waals surface area (Å²) in [7, 11) is 0. The number of aromatic amines is 1. The summed E-state index contributed by atoms with van der Waals surface area (Å²) < 4.78 is 39.1. The average Bonchev–Trinajstić information content (AvgIpc) is 2.81. The maximum atomic E-state index is 13.0. The van der Waals surface area contributed by atoms with Crippen LogP contribution in [0.5, 0.6) is 0 Å². The number of nitrogens with zero attached hydrogens (tertiary/aromatic N) is 3. The van der Waals surface area contributed by atoms with Crippen molar-refractivity contribution >= 4 is 11.0 Å². The van der Waals surface area contributed by atoms with Crippen LogP contribution in [0.15, 0.2) is 30.7 Å². The van der Waals surface area contributed by atoms with Crippen LogP contribution < -0.4 is 0 Å². The molecule has 3 rings (SSSR count). The van der Waals surface area contributed by atoms with Crippen molar-refractivity contribution in [2.24, 2.45) is 0 Å². The van der Waals surface area contributed by atoms with Crippen molar-refractivity contribution < 1.29 is 13.2 Å². The zero-order valence-electron chi connectivity index (χ0n) is 10.4. The Bertz CT molecular complexity index is 762. The van der Waals surface area contributed by atoms with E-state index in [0.717, 1.165) is 6.07 Å². The second-order valence-electron chi connectivity index (χ2n) is 4.38. The van der Waals surface area contributed by atoms with Gasteiger partial charge in [-0.3, -0.25) is 4.98 Å². The van der Waals surface area contributed by atoms with Crippen LogP contribution in [-0.2, 0) is 6.18 Å². The van der Waals surface area contributed by atoms with Crippen molar-refractivity contribution in [3.63, 3.8) is 0 Å². The Morgan fingerprint density at radius 1 is 1.15 bits per heavy atom. The summed E-state index contributed by atoms with van der Waals surface area (Å²) in [4.78, 5) is 14.8. The normalized spacial score (nSPS) is 12.0. The fraction of sp³-hybridized carbons (Fsp3) is 0.154. The van der Waals surface area contributed by atoms with Gasteiger partial charge in [0.1, 0.15) is 11.2 Å². The Balaban J connectivity index is 2.26. The minimum absolute atomic E-state index is 0.108. The number of aromatic nitrogens is 4. The lowest BCUT2D eigenvalue weighted by Gasteiger charge is -2.07. The number of rotatable bonds is 1. The highest BCUT2D eigenvalue weighted by Crippen LogP contribution is 2.35. The fourth-order valence-electron chi connectivity index (χ4n) is 2.02. The number of hydrogen-bond acceptors (Lipinski definition) is 3. The van der Waals surface area contributed by atoms with Gasteiger partial charge in [-0.1, -0.05) is 0 Å². The van der Waals surface area contributed by atoms with Gasteiger partial charge in [0.25, 0.3) is 0 Å². The van der Waals surface area contributed by atoms with Crippen LogP contribution in [0.3, 0.4) is 0 Å². The molecule has 0 amide bonds. The maximum Gasteiger partial charge on any atom is 0.418 e. The number of hydrogen-bond donors (Lipinski definition) is 1. The van der Waals surface area contributed by atoms with E-state index in [4.69, 9.17) is 0 Å². The second kappa shape index (κ2) is 4.29. The molecule has 0 aliphatic rings. The smallest absolute Gasteiger partial charge is 0.337 e. The van der Waals surface area contributed by atoms with Gasteiger partial charge in [0, 0.05) is 12.4 Å². The number of imidazole rings is 1. The highest BCUT2D eigenvalue weighted by molar-refractivity contribution is 5.83. The van der Waals surface area contributed by atoms with Crippen LogP contribution in [0, 0.1) is 6.92 Å². The van der Waals surface area contributed by atoms with Crippen molar-refractivity contribution in [3.8, 4) is 11.5 Å². The summed E-state index contributed by atoms with van der Waals surface area (Å²) in [6.45, 7) is 1.61. The molecular formula is C13H9F3N4. The molecule has 4 nitrogen and oxygen atoms in total. The predicted molar refractivity (Wildman–Crippen MR) is 66.9 cm³/mol. The number of nitrogens with one attached hydrogen (secondary N) is 1. The molecule has 2 heterocycles. The van der Waals surface area contributed by atoms with Gasteiger partial charge in [-0.2, -0.15) is 13.2 Å². The molecule has 1 N–H and O–H groups in total. The molecule has 0 fully saturated rings. The first-order chi connectivity index (χ1) is 9.45. The number of benzene rings is 1. The monoisotopic (exact) mass is 278 g/mol. The molecule has 2 aromatic heterocycles. The zero-order valence-corrected chi connectivity index (χ0v) is 10.4. The molecule has 0 aliphatic carbocycles. The van der Waals surface area contributed by atoms with Crippen LogP contribution in [0.1, 0.15) is 11.1 Å². The van der Waals surface area contributed by atoms with Gasteiger partial charge in [-0.15, -0.1) is 0 Å². The van der Waals surface area contributed by atoms with E-state index in [0.29, 0.717) is 16.8 Å². The first-order valence-electron chi connectivity index (χ1n) is 5.79. The van der Waals surface area contributed by atoms with E-state index >= 15 is 0 Å². The summed E-state index contributed by atoms with van der Waals surface area (Å²) in [5.74, 6) is 0.268. The zero-order chi connectivity index (χ0) is 14.3. The van der Waals surface area contributed by atoms with Crippen molar-refractivity contribution in [2.75, 3.05) is 0 Å². The number of aryl methyl sites for hydroxylation is 1. The number of alkyl halides is 3. The third-order valence-corrected chi connectivity index (χ3v) is 2.84. The number of H-pyrrole nitrogens is 1. The Labute approximate surface area is 111 Å². The van der Waals surface area contributed by atoms with E-state index < -0.39 is 11.7 Å². The summed E-state index contributed by atoms with van der Waals surface area (Å²) >= 11 is 0. The molecule has 0 unspecified atom stereocenters. The molecule has 0 radical (unpaired) electrons. The van der Waals surface area contributed by atoms with Gasteiger partial charge in [-0.05, 0) is 24.6 Å². The topological polar surface area (TPSA) is 54.5 Å². The molecule has 20 heavy (non-hydrogen) atoms. The number of fused-ring (bicyclic) bond motifs is 1. The SMILES string of the molecule is Cc1cc(C(F)(F)F)c2nc(-c3cnccn3)[nH]c2c1. The lowest BCUT2D eigenvalue weighted by molar-refractivity contribution is -0.136. The molecule has 0 bridgehead atoms. The van der Waals surface area contributed by atoms with Crippen molar-refractivity contribution in [3.05, 3.63) is 41.9 Å². The molecule has 102 valence electrons. The quantitative estimate of drug-likeness (QED) is 0.742. The van der Waals surface area contributed by atoms with Crippen molar-refractivity contribution in [1.29, 1.82) is 0 Å². The standard InChI is InChI=1S/C13H9F3N4/c1-7-4-8(13(14,15)16)11-9(5-7)19-12(20-11)10-6-17-2-3-18-10/h2-6H,1H3,(H,19,20). The Morgan fingerprint density at radius 2 is 1.95 bits per heavy atom. The molecule has 0 aliphatic heterocycles. The minimum atomic E-state index is -4.45. The van der Waals surface area contributed by atoms with Crippen LogP contribution >= 0.6 is 0 Å². The van der Waals surface area contributed by atoms with Crippen LogP contribution in [0.25, 0.3) is 22.6 Å². The fourth-order valence-corrected chi connectivity index (χ4v) is 2.02. The third-order valence-electron chi connectivity index (χ3n) is 2.84. The predicted octanol–water partition coefficient (Wildman–Crippen LogP) is 3.35. The summed E-state index contributed by atoms with van der Waals surface area (Å²) in [6, 6.07) is 2.71. The largest absolute Gasteiger partial charge is 0.418 e. The van der Waals surface area contributed by atoms with E-state index in [1.165, 1.54) is 18.6 Å². The Hall–Kier alpha value is -2.44. The molecule has 0 spiro atoms. The van der Waals surface area contributed by atoms with Crippen molar-refractivity contribution in [1.82, 2.24) is 19.9 Å². The molecule has 1 aromatic carbocycles. The van der Waals surface area contributed by atoms with Crippen LogP contribution in [-0.4, -0.2) is 19.9 Å². The molecule has 0 saturated heterocycles. The molecule has 0 atom stereocenters. The second-order valence-corrected chi connectivity index (χ2v) is 4.38. The van der Waals surface area contributed by atoms with E-state index in [2.05, 4.69) is 19.9 Å². The molecule has 0 saturated carbocycles. The highest BCUT2D eigenvalue weighted by atomic mass is 19.4. The third kappa shape index (κ3) is 2.11. The lowest BCUT2D eigenvalue weighted by Crippen LogP contribution is -2.06. The van der Waals surface area contributed by atoms with Gasteiger partial charge in [0.15, 0.2) is 5.82 Å². The average molecular weight is 278 g/mol. The lowest BCUT2D eigenvalue weighted by atomic mass is 10.1. The van der Waals surface area contributed by atoms with Gasteiger partial charge < -0.3 is 4.98 Å². The van der Waals surface area contributed by atoms with E-state index in [1.54, 1.807) is 13.0 Å². The van der Waals surface area contributed by atoms with Gasteiger partial charge in [-0.25, -0.2) is 9.97 Å². The Morgan fingerprint density at radius 3 is 2.60 bits per heavy atom.